The number of allylic oxidation sites excluding steroid dienone is 1. The smallest absolute Gasteiger partial charge is 0.0989 e. The van der Waals surface area contributed by atoms with E-state index < -0.39 is 0 Å². The molecule has 16 heavy (non-hydrogen) atoms. The third-order valence-electron chi connectivity index (χ3n) is 2.11. The molecule has 0 unspecified atom stereocenters. The standard InChI is InChI=1S/C9H12N2.2C2H6.CH4/c1-8-3-2-4-9-5-10-7-11(9)6-8;2*1-2;/h5-7H,2-4H2,1H3;2*1-2H3;1H4. The first-order valence-electron chi connectivity index (χ1n) is 6.04. The van der Waals surface area contributed by atoms with Gasteiger partial charge in [0, 0.05) is 18.1 Å². The quantitative estimate of drug-likeness (QED) is 0.620. The van der Waals surface area contributed by atoms with Crippen molar-refractivity contribution in [2.45, 2.75) is 61.3 Å². The maximum atomic E-state index is 4.10. The molecule has 1 aliphatic rings. The molecule has 1 aliphatic heterocycles. The third kappa shape index (κ3) is 5.15. The van der Waals surface area contributed by atoms with Gasteiger partial charge >= 0.3 is 0 Å². The summed E-state index contributed by atoms with van der Waals surface area (Å²) in [4.78, 5) is 4.10. The van der Waals surface area contributed by atoms with Gasteiger partial charge in [-0.25, -0.2) is 4.98 Å². The van der Waals surface area contributed by atoms with Crippen LogP contribution in [-0.4, -0.2) is 9.55 Å². The number of fused-ring (bicyclic) bond motifs is 1. The molecule has 0 fully saturated rings. The minimum absolute atomic E-state index is 0. The first-order valence-corrected chi connectivity index (χ1v) is 6.04. The number of aryl methyl sites for hydroxylation is 1. The summed E-state index contributed by atoms with van der Waals surface area (Å²) in [5.74, 6) is 0. The lowest BCUT2D eigenvalue weighted by Crippen LogP contribution is -1.89. The van der Waals surface area contributed by atoms with Crippen molar-refractivity contribution in [3.63, 3.8) is 0 Å². The van der Waals surface area contributed by atoms with Crippen LogP contribution in [0.4, 0.5) is 0 Å². The molecule has 0 aliphatic carbocycles. The lowest BCUT2D eigenvalue weighted by atomic mass is 10.1. The largest absolute Gasteiger partial charge is 0.310 e. The van der Waals surface area contributed by atoms with E-state index in [1.165, 1.54) is 24.1 Å². The van der Waals surface area contributed by atoms with Crippen molar-refractivity contribution in [3.8, 4) is 0 Å². The van der Waals surface area contributed by atoms with Crippen LogP contribution in [0, 0.1) is 0 Å². The van der Waals surface area contributed by atoms with Crippen LogP contribution in [0.2, 0.25) is 0 Å². The first kappa shape index (κ1) is 17.3. The van der Waals surface area contributed by atoms with Gasteiger partial charge < -0.3 is 4.57 Å². The van der Waals surface area contributed by atoms with E-state index in [4.69, 9.17) is 0 Å². The fourth-order valence-electron chi connectivity index (χ4n) is 1.49. The Morgan fingerprint density at radius 1 is 1.12 bits per heavy atom. The van der Waals surface area contributed by atoms with Gasteiger partial charge in [0.25, 0.3) is 0 Å². The Kier molecular flexibility index (Phi) is 11.3. The van der Waals surface area contributed by atoms with Crippen LogP contribution in [-0.2, 0) is 6.42 Å². The third-order valence-corrected chi connectivity index (χ3v) is 2.11. The van der Waals surface area contributed by atoms with Crippen molar-refractivity contribution in [1.82, 2.24) is 9.55 Å². The molecule has 0 saturated heterocycles. The fraction of sp³-hybridized carbons (Fsp3) is 0.643. The molecule has 0 N–H and O–H groups in total. The number of hydrogen-bond acceptors (Lipinski definition) is 1. The summed E-state index contributed by atoms with van der Waals surface area (Å²) in [6, 6.07) is 0. The maximum absolute atomic E-state index is 4.10. The van der Waals surface area contributed by atoms with E-state index in [-0.39, 0.29) is 7.43 Å². The van der Waals surface area contributed by atoms with Crippen LogP contribution < -0.4 is 0 Å². The van der Waals surface area contributed by atoms with E-state index in [9.17, 15) is 0 Å². The zero-order valence-corrected chi connectivity index (χ0v) is 10.7. The molecule has 0 atom stereocenters. The highest BCUT2D eigenvalue weighted by atomic mass is 15.0. The van der Waals surface area contributed by atoms with E-state index in [0.717, 1.165) is 6.42 Å². The highest BCUT2D eigenvalue weighted by Crippen LogP contribution is 2.15. The van der Waals surface area contributed by atoms with E-state index in [2.05, 4.69) is 22.7 Å². The average Bonchev–Trinajstić information content (AvgIpc) is 2.64. The minimum Gasteiger partial charge on any atom is -0.310 e. The van der Waals surface area contributed by atoms with Crippen LogP contribution in [0.5, 0.6) is 0 Å². The summed E-state index contributed by atoms with van der Waals surface area (Å²) >= 11 is 0. The fourth-order valence-corrected chi connectivity index (χ4v) is 1.49. The summed E-state index contributed by atoms with van der Waals surface area (Å²) < 4.78 is 2.13. The lowest BCUT2D eigenvalue weighted by molar-refractivity contribution is 0.807. The highest BCUT2D eigenvalue weighted by molar-refractivity contribution is 5.33. The Morgan fingerprint density at radius 2 is 1.75 bits per heavy atom. The molecular weight excluding hydrogens is 196 g/mol. The molecule has 0 spiro atoms. The van der Waals surface area contributed by atoms with Crippen molar-refractivity contribution in [2.75, 3.05) is 0 Å². The second-order valence-corrected chi connectivity index (χ2v) is 3.12. The normalized spacial score (nSPS) is 12.4. The van der Waals surface area contributed by atoms with Gasteiger partial charge in [0.15, 0.2) is 0 Å². The second-order valence-electron chi connectivity index (χ2n) is 3.12. The molecule has 2 rings (SSSR count). The Bertz CT molecular complexity index is 285. The minimum atomic E-state index is 0. The Morgan fingerprint density at radius 3 is 2.38 bits per heavy atom. The topological polar surface area (TPSA) is 17.8 Å². The molecule has 0 radical (unpaired) electrons. The van der Waals surface area contributed by atoms with Crippen LogP contribution in [0.25, 0.3) is 6.20 Å². The van der Waals surface area contributed by atoms with Gasteiger partial charge in [-0.1, -0.05) is 40.7 Å². The molecule has 0 saturated carbocycles. The molecule has 2 nitrogen and oxygen atoms in total. The highest BCUT2D eigenvalue weighted by Gasteiger charge is 2.04. The lowest BCUT2D eigenvalue weighted by Gasteiger charge is -1.95. The van der Waals surface area contributed by atoms with Gasteiger partial charge in [-0.3, -0.25) is 0 Å². The van der Waals surface area contributed by atoms with Crippen LogP contribution >= 0.6 is 0 Å². The van der Waals surface area contributed by atoms with Gasteiger partial charge in [0.05, 0.1) is 6.33 Å². The molecule has 0 bridgehead atoms. The van der Waals surface area contributed by atoms with E-state index in [0.29, 0.717) is 0 Å². The van der Waals surface area contributed by atoms with Crippen molar-refractivity contribution in [3.05, 3.63) is 23.8 Å². The van der Waals surface area contributed by atoms with Crippen LogP contribution in [0.3, 0.4) is 0 Å². The molecule has 1 aromatic heterocycles. The van der Waals surface area contributed by atoms with Crippen LogP contribution in [0.15, 0.2) is 18.1 Å². The monoisotopic (exact) mass is 224 g/mol. The number of aromatic nitrogens is 2. The molecule has 2 heteroatoms. The Labute approximate surface area is 101 Å². The van der Waals surface area contributed by atoms with Crippen molar-refractivity contribution < 1.29 is 0 Å². The second kappa shape index (κ2) is 10.5. The van der Waals surface area contributed by atoms with Gasteiger partial charge in [-0.2, -0.15) is 0 Å². The SMILES string of the molecule is C.CC.CC.CC1=Cn2cncc2CCC1. The van der Waals surface area contributed by atoms with Crippen molar-refractivity contribution >= 4 is 6.20 Å². The predicted octanol–water partition coefficient (Wildman–Crippen LogP) is 4.77. The molecular formula is C14H28N2. The molecule has 0 aromatic carbocycles. The van der Waals surface area contributed by atoms with Crippen molar-refractivity contribution in [1.29, 1.82) is 0 Å². The number of imidazole rings is 1. The van der Waals surface area contributed by atoms with Gasteiger partial charge in [-0.05, 0) is 26.2 Å². The predicted molar refractivity (Wildman–Crippen MR) is 74.5 cm³/mol. The van der Waals surface area contributed by atoms with Gasteiger partial charge in [-0.15, -0.1) is 0 Å². The van der Waals surface area contributed by atoms with Gasteiger partial charge in [0.1, 0.15) is 0 Å². The summed E-state index contributed by atoms with van der Waals surface area (Å²) in [5, 5.41) is 0. The molecule has 94 valence electrons. The molecule has 2 heterocycles. The number of nitrogens with zero attached hydrogens (tertiary/aromatic N) is 2. The van der Waals surface area contributed by atoms with Crippen LogP contribution in [0.1, 0.15) is 60.6 Å². The van der Waals surface area contributed by atoms with E-state index in [1.54, 1.807) is 0 Å². The van der Waals surface area contributed by atoms with E-state index >= 15 is 0 Å². The zero-order valence-electron chi connectivity index (χ0n) is 10.7. The van der Waals surface area contributed by atoms with Gasteiger partial charge in [0.2, 0.25) is 0 Å². The Balaban J connectivity index is 0. The number of hydrogen-bond donors (Lipinski definition) is 0. The molecule has 0 amide bonds. The summed E-state index contributed by atoms with van der Waals surface area (Å²) in [6.07, 6.45) is 9.65. The summed E-state index contributed by atoms with van der Waals surface area (Å²) in [5.41, 5.74) is 2.78. The zero-order chi connectivity index (χ0) is 11.7. The first-order chi connectivity index (χ1) is 7.36. The summed E-state index contributed by atoms with van der Waals surface area (Å²) in [6.45, 7) is 10.2. The van der Waals surface area contributed by atoms with Crippen molar-refractivity contribution in [2.24, 2.45) is 0 Å². The number of rotatable bonds is 0. The Hall–Kier alpha value is -1.05. The average molecular weight is 224 g/mol. The maximum Gasteiger partial charge on any atom is 0.0989 e. The van der Waals surface area contributed by atoms with E-state index in [1.807, 2.05) is 40.2 Å². The summed E-state index contributed by atoms with van der Waals surface area (Å²) in [7, 11) is 0. The molecule has 1 aromatic rings.